The van der Waals surface area contributed by atoms with Crippen molar-refractivity contribution in [2.24, 2.45) is 0 Å². The first-order valence-corrected chi connectivity index (χ1v) is 4.33. The Morgan fingerprint density at radius 1 is 0.800 bits per heavy atom. The molecule has 0 heterocycles. The van der Waals surface area contributed by atoms with E-state index in [0.717, 1.165) is 8.79 Å². The summed E-state index contributed by atoms with van der Waals surface area (Å²) in [6.45, 7) is 0. The highest BCUT2D eigenvalue weighted by atomic mass is 79.9. The van der Waals surface area contributed by atoms with E-state index in [4.69, 9.17) is 0 Å². The number of hydrogen-bond donors (Lipinski definition) is 0. The van der Waals surface area contributed by atoms with Crippen molar-refractivity contribution in [2.45, 2.75) is 0 Å². The molecule has 0 unspecified atom stereocenters. The average molecular weight is 209 g/mol. The van der Waals surface area contributed by atoms with E-state index in [2.05, 4.69) is 58.0 Å². The fourth-order valence-electron chi connectivity index (χ4n) is 1.04. The summed E-state index contributed by atoms with van der Waals surface area (Å²) in [6, 6.07) is 0. The number of nitrogens with zero attached hydrogens (tertiary/aromatic N) is 2. The summed E-state index contributed by atoms with van der Waals surface area (Å²) in [5.41, 5.74) is 0. The molecule has 0 saturated heterocycles. The normalized spacial score (nSPS) is 13.5. The maximum atomic E-state index is 3.66. The summed E-state index contributed by atoms with van der Waals surface area (Å²) >= 11 is 3.66. The van der Waals surface area contributed by atoms with Crippen molar-refractivity contribution >= 4 is 21.6 Å². The summed E-state index contributed by atoms with van der Waals surface area (Å²) in [6.07, 6.45) is 0. The van der Waals surface area contributed by atoms with Crippen LogP contribution in [0.1, 0.15) is 0 Å². The molecule has 0 aromatic rings. The van der Waals surface area contributed by atoms with Crippen molar-refractivity contribution < 1.29 is 8.79 Å². The lowest BCUT2D eigenvalue weighted by Crippen LogP contribution is -2.61. The lowest BCUT2D eigenvalue weighted by atomic mass is 10.0. The van der Waals surface area contributed by atoms with Crippen LogP contribution in [0.2, 0.25) is 0 Å². The molecule has 60 valence electrons. The highest BCUT2D eigenvalue weighted by molar-refractivity contribution is 9.24. The van der Waals surface area contributed by atoms with Gasteiger partial charge in [0.25, 0.3) is 0 Å². The van der Waals surface area contributed by atoms with Gasteiger partial charge in [-0.25, -0.2) is 0 Å². The Bertz CT molecular complexity index is 99.9. The minimum atomic E-state index is 0.451. The van der Waals surface area contributed by atoms with Gasteiger partial charge in [-0.15, -0.1) is 0 Å². The van der Waals surface area contributed by atoms with Crippen LogP contribution in [-0.4, -0.2) is 56.9 Å². The molecule has 0 aliphatic carbocycles. The molecule has 0 fully saturated rings. The molecule has 0 amide bonds. The Kier molecular flexibility index (Phi) is 2.97. The molecule has 0 spiro atoms. The number of halogens is 1. The van der Waals surface area contributed by atoms with Gasteiger partial charge in [-0.3, -0.25) is 0 Å². The zero-order valence-corrected chi connectivity index (χ0v) is 9.44. The second-order valence-corrected chi connectivity index (χ2v) is 5.36. The molecule has 0 aromatic carbocycles. The van der Waals surface area contributed by atoms with E-state index in [1.54, 1.807) is 0 Å². The Hall–Kier alpha value is 0.465. The van der Waals surface area contributed by atoms with Crippen LogP contribution in [0.3, 0.4) is 0 Å². The standard InChI is InChI=1S/C6H18BBrN2/c1-9(2,3)7(8)10(4,5)6/h1-6H3/q+2. The van der Waals surface area contributed by atoms with Crippen molar-refractivity contribution in [1.82, 2.24) is 0 Å². The van der Waals surface area contributed by atoms with E-state index in [-0.39, 0.29) is 0 Å². The van der Waals surface area contributed by atoms with Gasteiger partial charge >= 0.3 is 5.81 Å². The topological polar surface area (TPSA) is 0 Å². The van der Waals surface area contributed by atoms with Crippen LogP contribution in [0.5, 0.6) is 0 Å². The smallest absolute Gasteiger partial charge is 0.331 e. The van der Waals surface area contributed by atoms with Crippen LogP contribution in [0.15, 0.2) is 0 Å². The Morgan fingerprint density at radius 2 is 1.00 bits per heavy atom. The average Bonchev–Trinajstić information content (AvgIpc) is 1.59. The monoisotopic (exact) mass is 208 g/mol. The largest absolute Gasteiger partial charge is 0.748 e. The Labute approximate surface area is 73.1 Å². The van der Waals surface area contributed by atoms with Gasteiger partial charge in [-0.2, -0.15) is 0 Å². The molecule has 0 N–H and O–H groups in total. The minimum Gasteiger partial charge on any atom is -0.331 e. The third-order valence-electron chi connectivity index (χ3n) is 1.28. The van der Waals surface area contributed by atoms with E-state index in [9.17, 15) is 0 Å². The van der Waals surface area contributed by atoms with E-state index >= 15 is 0 Å². The molecule has 0 radical (unpaired) electrons. The molecule has 0 saturated carbocycles. The van der Waals surface area contributed by atoms with Gasteiger partial charge < -0.3 is 8.79 Å². The van der Waals surface area contributed by atoms with Crippen LogP contribution in [0.25, 0.3) is 0 Å². The molecule has 0 atom stereocenters. The summed E-state index contributed by atoms with van der Waals surface area (Å²) in [4.78, 5) is 0. The molecule has 10 heavy (non-hydrogen) atoms. The highest BCUT2D eigenvalue weighted by Crippen LogP contribution is 2.12. The maximum Gasteiger partial charge on any atom is 0.748 e. The van der Waals surface area contributed by atoms with Gasteiger partial charge in [-0.05, 0) is 0 Å². The molecule has 0 rings (SSSR count). The van der Waals surface area contributed by atoms with Crippen LogP contribution in [-0.2, 0) is 0 Å². The third-order valence-corrected chi connectivity index (χ3v) is 3.74. The van der Waals surface area contributed by atoms with Crippen molar-refractivity contribution in [3.05, 3.63) is 0 Å². The van der Waals surface area contributed by atoms with Crippen LogP contribution >= 0.6 is 15.8 Å². The van der Waals surface area contributed by atoms with E-state index in [1.807, 2.05) is 0 Å². The molecule has 4 heteroatoms. The summed E-state index contributed by atoms with van der Waals surface area (Å²) in [7, 11) is 13.1. The third kappa shape index (κ3) is 3.04. The number of rotatable bonds is 2. The Morgan fingerprint density at radius 3 is 1.00 bits per heavy atom. The van der Waals surface area contributed by atoms with Gasteiger partial charge in [0.05, 0.1) is 42.3 Å². The first-order valence-electron chi connectivity index (χ1n) is 3.42. The minimum absolute atomic E-state index is 0.451. The van der Waals surface area contributed by atoms with Crippen molar-refractivity contribution in [3.63, 3.8) is 0 Å². The fourth-order valence-corrected chi connectivity index (χ4v) is 1.04. The quantitative estimate of drug-likeness (QED) is 0.589. The molecule has 2 nitrogen and oxygen atoms in total. The maximum absolute atomic E-state index is 3.66. The summed E-state index contributed by atoms with van der Waals surface area (Å²) < 4.78 is 1.87. The van der Waals surface area contributed by atoms with Crippen LogP contribution < -0.4 is 0 Å². The molecule has 0 bridgehead atoms. The summed E-state index contributed by atoms with van der Waals surface area (Å²) in [5, 5.41) is 0. The molecule has 0 aromatic heterocycles. The van der Waals surface area contributed by atoms with Crippen molar-refractivity contribution in [2.75, 3.05) is 42.3 Å². The van der Waals surface area contributed by atoms with Gasteiger partial charge in [0.2, 0.25) is 0 Å². The fraction of sp³-hybridized carbons (Fsp3) is 1.00. The van der Waals surface area contributed by atoms with Gasteiger partial charge in [-0.1, -0.05) is 0 Å². The first kappa shape index (κ1) is 10.5. The molecule has 0 aliphatic heterocycles. The lowest BCUT2D eigenvalue weighted by Gasteiger charge is -2.34. The van der Waals surface area contributed by atoms with Gasteiger partial charge in [0.15, 0.2) is 0 Å². The second-order valence-electron chi connectivity index (χ2n) is 4.54. The molecular formula is C6H18BBrN2+2. The number of quaternary nitrogens is 2. The highest BCUT2D eigenvalue weighted by Gasteiger charge is 2.46. The van der Waals surface area contributed by atoms with E-state index in [1.165, 1.54) is 0 Å². The van der Waals surface area contributed by atoms with Crippen LogP contribution in [0, 0.1) is 0 Å². The zero-order valence-electron chi connectivity index (χ0n) is 7.85. The zero-order chi connectivity index (χ0) is 8.58. The SMILES string of the molecule is C[N+](C)(C)B(Br)[N+](C)(C)C. The van der Waals surface area contributed by atoms with E-state index in [0.29, 0.717) is 5.81 Å². The number of hydrogen-bond acceptors (Lipinski definition) is 0. The predicted octanol–water partition coefficient (Wildman–Crippen LogP) is 0.779. The first-order chi connectivity index (χ1) is 4.15. The second kappa shape index (κ2) is 2.84. The molecular weight excluding hydrogens is 191 g/mol. The lowest BCUT2D eigenvalue weighted by molar-refractivity contribution is -0.873. The van der Waals surface area contributed by atoms with E-state index < -0.39 is 0 Å². The Balaban J connectivity index is 4.23. The van der Waals surface area contributed by atoms with Crippen LogP contribution in [0.4, 0.5) is 0 Å². The predicted molar refractivity (Wildman–Crippen MR) is 50.7 cm³/mol. The van der Waals surface area contributed by atoms with Crippen molar-refractivity contribution in [1.29, 1.82) is 0 Å². The van der Waals surface area contributed by atoms with Crippen molar-refractivity contribution in [3.8, 4) is 0 Å². The van der Waals surface area contributed by atoms with Gasteiger partial charge in [0, 0.05) is 15.8 Å². The van der Waals surface area contributed by atoms with Gasteiger partial charge in [0.1, 0.15) is 0 Å². The molecule has 0 aliphatic rings. The summed E-state index contributed by atoms with van der Waals surface area (Å²) in [5.74, 6) is 0.451.